The molecule has 8 nitrogen and oxygen atoms in total. The molecule has 0 spiro atoms. The standard InChI is InChI=1S/C33H32N6O2/c1-38-19-21-39(22-20-38)28-15-9-25(10-16-28)32-23-31(36-37-32)24-7-11-26(12-8-24)34-33(40)35-27-13-17-30(18-14-27)41-29-5-3-2-4-6-29/h2-18,23H,19-22H2,1H3,(H,36,37)(H2,34,35,40). The van der Waals surface area contributed by atoms with E-state index in [1.165, 1.54) is 5.69 Å². The summed E-state index contributed by atoms with van der Waals surface area (Å²) in [6.45, 7) is 4.27. The van der Waals surface area contributed by atoms with Crippen molar-refractivity contribution in [1.29, 1.82) is 0 Å². The Morgan fingerprint density at radius 3 is 1.98 bits per heavy atom. The number of H-pyrrole nitrogens is 1. The Kier molecular flexibility index (Phi) is 7.64. The molecule has 0 bridgehead atoms. The van der Waals surface area contributed by atoms with Crippen molar-refractivity contribution in [2.75, 3.05) is 48.8 Å². The lowest BCUT2D eigenvalue weighted by Crippen LogP contribution is -2.44. The number of carbonyl (C=O) groups is 1. The first-order valence-corrected chi connectivity index (χ1v) is 13.7. The van der Waals surface area contributed by atoms with Gasteiger partial charge >= 0.3 is 6.03 Å². The Morgan fingerprint density at radius 1 is 0.732 bits per heavy atom. The summed E-state index contributed by atoms with van der Waals surface area (Å²) in [6.07, 6.45) is 0. The molecular formula is C33H32N6O2. The van der Waals surface area contributed by atoms with Crippen molar-refractivity contribution in [2.24, 2.45) is 0 Å². The van der Waals surface area contributed by atoms with E-state index in [1.807, 2.05) is 72.8 Å². The molecule has 2 amide bonds. The molecule has 0 radical (unpaired) electrons. The van der Waals surface area contributed by atoms with E-state index in [4.69, 9.17) is 4.74 Å². The number of anilines is 3. The van der Waals surface area contributed by atoms with Crippen molar-refractivity contribution in [3.05, 3.63) is 109 Å². The number of urea groups is 1. The maximum absolute atomic E-state index is 12.5. The zero-order chi connectivity index (χ0) is 28.0. The highest BCUT2D eigenvalue weighted by Crippen LogP contribution is 2.27. The van der Waals surface area contributed by atoms with Gasteiger partial charge in [-0.25, -0.2) is 4.79 Å². The topological polar surface area (TPSA) is 85.5 Å². The summed E-state index contributed by atoms with van der Waals surface area (Å²) < 4.78 is 5.80. The molecule has 0 saturated carbocycles. The molecule has 5 aromatic rings. The lowest BCUT2D eigenvalue weighted by Gasteiger charge is -2.34. The Bertz CT molecular complexity index is 1570. The predicted octanol–water partition coefficient (Wildman–Crippen LogP) is 6.93. The molecule has 2 heterocycles. The SMILES string of the molecule is CN1CCN(c2ccc(-c3cc(-c4ccc(NC(=O)Nc5ccc(Oc6ccccc6)cc5)cc4)[nH]n3)cc2)CC1. The van der Waals surface area contributed by atoms with Gasteiger partial charge in [-0.15, -0.1) is 0 Å². The van der Waals surface area contributed by atoms with Gasteiger partial charge in [-0.2, -0.15) is 5.10 Å². The van der Waals surface area contributed by atoms with Gasteiger partial charge in [0.15, 0.2) is 0 Å². The Balaban J connectivity index is 1.03. The minimum absolute atomic E-state index is 0.321. The molecule has 0 unspecified atom stereocenters. The number of hydrogen-bond donors (Lipinski definition) is 3. The Labute approximate surface area is 239 Å². The van der Waals surface area contributed by atoms with E-state index >= 15 is 0 Å². The Morgan fingerprint density at radius 2 is 1.32 bits per heavy atom. The van der Waals surface area contributed by atoms with Gasteiger partial charge in [0, 0.05) is 48.8 Å². The molecule has 41 heavy (non-hydrogen) atoms. The maximum Gasteiger partial charge on any atom is 0.323 e. The van der Waals surface area contributed by atoms with Crippen LogP contribution in [0.5, 0.6) is 11.5 Å². The van der Waals surface area contributed by atoms with E-state index in [2.05, 4.69) is 61.9 Å². The summed E-state index contributed by atoms with van der Waals surface area (Å²) >= 11 is 0. The number of likely N-dealkylation sites (N-methyl/N-ethyl adjacent to an activating group) is 1. The summed E-state index contributed by atoms with van der Waals surface area (Å²) in [4.78, 5) is 17.3. The lowest BCUT2D eigenvalue weighted by atomic mass is 10.1. The van der Waals surface area contributed by atoms with Crippen LogP contribution in [0.25, 0.3) is 22.5 Å². The molecule has 1 aliphatic heterocycles. The minimum atomic E-state index is -0.321. The molecule has 1 saturated heterocycles. The van der Waals surface area contributed by atoms with Crippen molar-refractivity contribution in [3.8, 4) is 34.0 Å². The highest BCUT2D eigenvalue weighted by molar-refractivity contribution is 5.99. The molecular weight excluding hydrogens is 512 g/mol. The van der Waals surface area contributed by atoms with Crippen molar-refractivity contribution in [2.45, 2.75) is 0 Å². The number of hydrogen-bond acceptors (Lipinski definition) is 5. The largest absolute Gasteiger partial charge is 0.457 e. The number of rotatable bonds is 7. The number of aromatic amines is 1. The van der Waals surface area contributed by atoms with Gasteiger partial charge in [-0.05, 0) is 79.3 Å². The highest BCUT2D eigenvalue weighted by Gasteiger charge is 2.14. The quantitative estimate of drug-likeness (QED) is 0.207. The van der Waals surface area contributed by atoms with E-state index < -0.39 is 0 Å². The molecule has 1 aliphatic rings. The molecule has 6 rings (SSSR count). The number of nitrogens with one attached hydrogen (secondary N) is 3. The van der Waals surface area contributed by atoms with Gasteiger partial charge in [-0.1, -0.05) is 42.5 Å². The van der Waals surface area contributed by atoms with Crippen LogP contribution < -0.4 is 20.3 Å². The molecule has 206 valence electrons. The third-order valence-electron chi connectivity index (χ3n) is 7.15. The van der Waals surface area contributed by atoms with Crippen LogP contribution in [0.1, 0.15) is 0 Å². The normalized spacial score (nSPS) is 13.5. The third kappa shape index (κ3) is 6.57. The zero-order valence-electron chi connectivity index (χ0n) is 22.9. The summed E-state index contributed by atoms with van der Waals surface area (Å²) in [6, 6.07) is 34.8. The van der Waals surface area contributed by atoms with E-state index in [0.29, 0.717) is 17.1 Å². The van der Waals surface area contributed by atoms with Crippen LogP contribution in [0.2, 0.25) is 0 Å². The number of ether oxygens (including phenoxy) is 1. The third-order valence-corrected chi connectivity index (χ3v) is 7.15. The van der Waals surface area contributed by atoms with Crippen molar-refractivity contribution < 1.29 is 9.53 Å². The van der Waals surface area contributed by atoms with Crippen LogP contribution in [0.4, 0.5) is 21.9 Å². The van der Waals surface area contributed by atoms with E-state index in [1.54, 1.807) is 12.1 Å². The van der Waals surface area contributed by atoms with Crippen LogP contribution in [0.3, 0.4) is 0 Å². The second-order valence-electron chi connectivity index (χ2n) is 10.1. The van der Waals surface area contributed by atoms with E-state index in [0.717, 1.165) is 54.4 Å². The first-order valence-electron chi connectivity index (χ1n) is 13.7. The molecule has 1 aromatic heterocycles. The molecule has 1 fully saturated rings. The van der Waals surface area contributed by atoms with Crippen LogP contribution in [-0.2, 0) is 0 Å². The molecule has 3 N–H and O–H groups in total. The molecule has 4 aromatic carbocycles. The van der Waals surface area contributed by atoms with Crippen molar-refractivity contribution in [3.63, 3.8) is 0 Å². The fourth-order valence-electron chi connectivity index (χ4n) is 4.78. The molecule has 8 heteroatoms. The van der Waals surface area contributed by atoms with Gasteiger partial charge in [0.1, 0.15) is 11.5 Å². The van der Waals surface area contributed by atoms with Crippen LogP contribution in [-0.4, -0.2) is 54.4 Å². The number of amides is 2. The van der Waals surface area contributed by atoms with Gasteiger partial charge in [0.05, 0.1) is 11.4 Å². The maximum atomic E-state index is 12.5. The number of para-hydroxylation sites is 1. The molecule has 0 aliphatic carbocycles. The number of carbonyl (C=O) groups excluding carboxylic acids is 1. The first-order chi connectivity index (χ1) is 20.1. The smallest absolute Gasteiger partial charge is 0.323 e. The average Bonchev–Trinajstić information content (AvgIpc) is 3.50. The van der Waals surface area contributed by atoms with Crippen LogP contribution in [0, 0.1) is 0 Å². The van der Waals surface area contributed by atoms with Gasteiger partial charge < -0.3 is 25.2 Å². The van der Waals surface area contributed by atoms with Gasteiger partial charge in [-0.3, -0.25) is 5.10 Å². The first kappa shape index (κ1) is 26.2. The van der Waals surface area contributed by atoms with Gasteiger partial charge in [0.2, 0.25) is 0 Å². The van der Waals surface area contributed by atoms with Crippen molar-refractivity contribution in [1.82, 2.24) is 15.1 Å². The number of aromatic nitrogens is 2. The minimum Gasteiger partial charge on any atom is -0.457 e. The number of benzene rings is 4. The predicted molar refractivity (Wildman–Crippen MR) is 165 cm³/mol. The fraction of sp³-hybridized carbons (Fsp3) is 0.152. The summed E-state index contributed by atoms with van der Waals surface area (Å²) in [7, 11) is 2.17. The van der Waals surface area contributed by atoms with Gasteiger partial charge in [0.25, 0.3) is 0 Å². The van der Waals surface area contributed by atoms with Crippen LogP contribution in [0.15, 0.2) is 109 Å². The summed E-state index contributed by atoms with van der Waals surface area (Å²) in [5.74, 6) is 1.46. The van der Waals surface area contributed by atoms with Crippen LogP contribution >= 0.6 is 0 Å². The summed E-state index contributed by atoms with van der Waals surface area (Å²) in [5, 5.41) is 13.4. The Hall–Kier alpha value is -5.08. The monoisotopic (exact) mass is 544 g/mol. The second kappa shape index (κ2) is 12.0. The molecule has 0 atom stereocenters. The fourth-order valence-corrected chi connectivity index (χ4v) is 4.78. The van der Waals surface area contributed by atoms with E-state index in [9.17, 15) is 4.79 Å². The average molecular weight is 545 g/mol. The summed E-state index contributed by atoms with van der Waals surface area (Å²) in [5.41, 5.74) is 6.47. The number of nitrogens with zero attached hydrogens (tertiary/aromatic N) is 3. The van der Waals surface area contributed by atoms with E-state index in [-0.39, 0.29) is 6.03 Å². The number of piperazine rings is 1. The second-order valence-corrected chi connectivity index (χ2v) is 10.1. The zero-order valence-corrected chi connectivity index (χ0v) is 22.9. The lowest BCUT2D eigenvalue weighted by molar-refractivity contribution is 0.262. The highest BCUT2D eigenvalue weighted by atomic mass is 16.5. The van der Waals surface area contributed by atoms with Crippen molar-refractivity contribution >= 4 is 23.1 Å².